The van der Waals surface area contributed by atoms with Gasteiger partial charge in [0.25, 0.3) is 0 Å². The molecule has 0 aromatic heterocycles. The van der Waals surface area contributed by atoms with Gasteiger partial charge in [0.15, 0.2) is 0 Å². The first-order chi connectivity index (χ1) is 9.60. The number of esters is 1. The van der Waals surface area contributed by atoms with E-state index in [9.17, 15) is 4.79 Å². The summed E-state index contributed by atoms with van der Waals surface area (Å²) in [7, 11) is -1.40. The van der Waals surface area contributed by atoms with Crippen molar-refractivity contribution >= 4 is 14.0 Å². The normalized spacial score (nSPS) is 10.6. The average molecular weight is 288 g/mol. The van der Waals surface area contributed by atoms with Crippen molar-refractivity contribution in [2.45, 2.75) is 45.8 Å². The van der Waals surface area contributed by atoms with Gasteiger partial charge in [-0.2, -0.15) is 0 Å². The highest BCUT2D eigenvalue weighted by molar-refractivity contribution is 6.87. The van der Waals surface area contributed by atoms with Gasteiger partial charge in [0.05, 0.1) is 12.2 Å². The highest BCUT2D eigenvalue weighted by Crippen LogP contribution is 2.19. The summed E-state index contributed by atoms with van der Waals surface area (Å²) in [5, 5.41) is 0. The Morgan fingerprint density at radius 3 is 2.05 bits per heavy atom. The first-order valence-corrected chi connectivity index (χ1v) is 10.0. The minimum absolute atomic E-state index is 0.272. The van der Waals surface area contributed by atoms with E-state index in [-0.39, 0.29) is 5.97 Å². The van der Waals surface area contributed by atoms with Crippen LogP contribution in [0.4, 0.5) is 0 Å². The van der Waals surface area contributed by atoms with Gasteiger partial charge in [-0.25, -0.2) is 4.79 Å². The number of carbonyl (C=O) groups is 1. The molecule has 3 heteroatoms. The van der Waals surface area contributed by atoms with Crippen LogP contribution in [0.1, 0.15) is 43.6 Å². The van der Waals surface area contributed by atoms with Crippen LogP contribution in [0, 0.1) is 11.5 Å². The second kappa shape index (κ2) is 7.91. The van der Waals surface area contributed by atoms with Gasteiger partial charge in [-0.1, -0.05) is 26.7 Å². The second-order valence-electron chi connectivity index (χ2n) is 4.89. The van der Waals surface area contributed by atoms with Crippen molar-refractivity contribution in [1.29, 1.82) is 0 Å². The SMILES string of the molecule is CCOC(=O)c1ccc(C#C[Si](CC)(CC)CC)cc1. The number of rotatable bonds is 5. The molecule has 0 heterocycles. The van der Waals surface area contributed by atoms with Crippen molar-refractivity contribution in [2.75, 3.05) is 6.61 Å². The van der Waals surface area contributed by atoms with Crippen LogP contribution in [-0.4, -0.2) is 20.7 Å². The molecule has 0 amide bonds. The summed E-state index contributed by atoms with van der Waals surface area (Å²) in [5.41, 5.74) is 5.11. The molecule has 0 saturated carbocycles. The lowest BCUT2D eigenvalue weighted by atomic mass is 10.1. The molecule has 1 aromatic rings. The third-order valence-corrected chi connectivity index (χ3v) is 8.61. The molecule has 0 bridgehead atoms. The summed E-state index contributed by atoms with van der Waals surface area (Å²) in [6.07, 6.45) is 0. The van der Waals surface area contributed by atoms with Crippen molar-refractivity contribution in [3.63, 3.8) is 0 Å². The topological polar surface area (TPSA) is 26.3 Å². The molecule has 0 N–H and O–H groups in total. The van der Waals surface area contributed by atoms with Gasteiger partial charge in [0.2, 0.25) is 0 Å². The Labute approximate surface area is 123 Å². The van der Waals surface area contributed by atoms with Crippen molar-refractivity contribution in [3.8, 4) is 11.5 Å². The van der Waals surface area contributed by atoms with E-state index in [1.54, 1.807) is 12.1 Å². The maximum Gasteiger partial charge on any atom is 0.338 e. The van der Waals surface area contributed by atoms with E-state index in [0.717, 1.165) is 5.56 Å². The molecule has 1 aromatic carbocycles. The Balaban J connectivity index is 2.88. The third-order valence-electron chi connectivity index (χ3n) is 3.90. The first kappa shape index (κ1) is 16.5. The summed E-state index contributed by atoms with van der Waals surface area (Å²) in [4.78, 5) is 11.6. The van der Waals surface area contributed by atoms with Gasteiger partial charge >= 0.3 is 5.97 Å². The number of ether oxygens (including phenoxy) is 1. The van der Waals surface area contributed by atoms with Crippen LogP contribution >= 0.6 is 0 Å². The summed E-state index contributed by atoms with van der Waals surface area (Å²) < 4.78 is 4.97. The van der Waals surface area contributed by atoms with Crippen LogP contribution in [0.25, 0.3) is 0 Å². The molecule has 2 nitrogen and oxygen atoms in total. The molecule has 0 aliphatic carbocycles. The highest BCUT2D eigenvalue weighted by Gasteiger charge is 2.24. The molecule has 0 radical (unpaired) electrons. The quantitative estimate of drug-likeness (QED) is 0.459. The minimum Gasteiger partial charge on any atom is -0.462 e. The number of hydrogen-bond acceptors (Lipinski definition) is 2. The van der Waals surface area contributed by atoms with Gasteiger partial charge in [-0.05, 0) is 49.3 Å². The van der Waals surface area contributed by atoms with Crippen molar-refractivity contribution in [3.05, 3.63) is 35.4 Å². The van der Waals surface area contributed by atoms with E-state index in [4.69, 9.17) is 4.74 Å². The third kappa shape index (κ3) is 4.24. The van der Waals surface area contributed by atoms with E-state index in [1.165, 1.54) is 18.1 Å². The molecular formula is C17H24O2Si. The largest absolute Gasteiger partial charge is 0.462 e. The molecule has 0 fully saturated rings. The standard InChI is InChI=1S/C17H24O2Si/c1-5-19-17(18)16-11-9-15(10-12-16)13-14-20(6-2,7-3)8-4/h9-12H,5-8H2,1-4H3. The summed E-state index contributed by atoms with van der Waals surface area (Å²) >= 11 is 0. The van der Waals surface area contributed by atoms with Gasteiger partial charge < -0.3 is 4.74 Å². The molecule has 108 valence electrons. The van der Waals surface area contributed by atoms with Gasteiger partial charge in [0, 0.05) is 5.56 Å². The van der Waals surface area contributed by atoms with Crippen molar-refractivity contribution < 1.29 is 9.53 Å². The van der Waals surface area contributed by atoms with Crippen LogP contribution < -0.4 is 0 Å². The Morgan fingerprint density at radius 2 is 1.60 bits per heavy atom. The fourth-order valence-corrected chi connectivity index (χ4v) is 4.56. The average Bonchev–Trinajstić information content (AvgIpc) is 2.50. The Kier molecular flexibility index (Phi) is 6.54. The number of carbonyl (C=O) groups excluding carboxylic acids is 1. The molecule has 0 atom stereocenters. The van der Waals surface area contributed by atoms with Crippen LogP contribution in [0.5, 0.6) is 0 Å². The van der Waals surface area contributed by atoms with Crippen LogP contribution in [-0.2, 0) is 4.74 Å². The Hall–Kier alpha value is -1.53. The molecule has 0 saturated heterocycles. The molecule has 0 aliphatic heterocycles. The highest BCUT2D eigenvalue weighted by atomic mass is 28.3. The molecule has 1 rings (SSSR count). The van der Waals surface area contributed by atoms with Crippen LogP contribution in [0.15, 0.2) is 24.3 Å². The van der Waals surface area contributed by atoms with E-state index >= 15 is 0 Å². The zero-order valence-corrected chi connectivity index (χ0v) is 14.0. The minimum atomic E-state index is -1.40. The lowest BCUT2D eigenvalue weighted by Gasteiger charge is -2.19. The zero-order valence-electron chi connectivity index (χ0n) is 13.0. The van der Waals surface area contributed by atoms with Gasteiger partial charge in [-0.15, -0.1) is 5.54 Å². The molecule has 0 spiro atoms. The Morgan fingerprint density at radius 1 is 1.05 bits per heavy atom. The maximum atomic E-state index is 11.6. The second-order valence-corrected chi connectivity index (χ2v) is 9.82. The lowest BCUT2D eigenvalue weighted by molar-refractivity contribution is 0.0526. The number of hydrogen-bond donors (Lipinski definition) is 0. The van der Waals surface area contributed by atoms with Gasteiger partial charge in [0.1, 0.15) is 8.07 Å². The fourth-order valence-electron chi connectivity index (χ4n) is 2.12. The predicted octanol–water partition coefficient (Wildman–Crippen LogP) is 4.26. The lowest BCUT2D eigenvalue weighted by Crippen LogP contribution is -2.29. The van der Waals surface area contributed by atoms with Crippen LogP contribution in [0.3, 0.4) is 0 Å². The molecule has 0 aliphatic rings. The first-order valence-electron chi connectivity index (χ1n) is 7.41. The van der Waals surface area contributed by atoms with E-state index in [0.29, 0.717) is 12.2 Å². The van der Waals surface area contributed by atoms with E-state index in [1.807, 2.05) is 19.1 Å². The zero-order chi connectivity index (χ0) is 15.0. The fraction of sp³-hybridized carbons (Fsp3) is 0.471. The van der Waals surface area contributed by atoms with Crippen molar-refractivity contribution in [2.24, 2.45) is 0 Å². The van der Waals surface area contributed by atoms with E-state index < -0.39 is 8.07 Å². The number of benzene rings is 1. The maximum absolute atomic E-state index is 11.6. The van der Waals surface area contributed by atoms with Crippen molar-refractivity contribution in [1.82, 2.24) is 0 Å². The predicted molar refractivity (Wildman–Crippen MR) is 86.5 cm³/mol. The van der Waals surface area contributed by atoms with E-state index in [2.05, 4.69) is 32.2 Å². The smallest absolute Gasteiger partial charge is 0.338 e. The molecule has 20 heavy (non-hydrogen) atoms. The molecular weight excluding hydrogens is 264 g/mol. The Bertz CT molecular complexity index is 482. The summed E-state index contributed by atoms with van der Waals surface area (Å²) in [5.74, 6) is 3.02. The van der Waals surface area contributed by atoms with Crippen LogP contribution in [0.2, 0.25) is 18.1 Å². The summed E-state index contributed by atoms with van der Waals surface area (Å²) in [6, 6.07) is 11.0. The molecule has 0 unspecified atom stereocenters. The monoisotopic (exact) mass is 288 g/mol. The summed E-state index contributed by atoms with van der Waals surface area (Å²) in [6.45, 7) is 8.95. The van der Waals surface area contributed by atoms with Gasteiger partial charge in [-0.3, -0.25) is 0 Å².